The number of terminal acetylenes is 1. The van der Waals surface area contributed by atoms with Gasteiger partial charge in [-0.05, 0) is 61.4 Å². The molecule has 3 rings (SSSR count). The zero-order chi connectivity index (χ0) is 28.0. The number of carbonyl (C=O) groups is 1. The van der Waals surface area contributed by atoms with Gasteiger partial charge in [0.1, 0.15) is 12.5 Å². The van der Waals surface area contributed by atoms with E-state index in [-0.39, 0.29) is 5.75 Å². The first-order valence-corrected chi connectivity index (χ1v) is 11.1. The van der Waals surface area contributed by atoms with E-state index in [2.05, 4.69) is 28.1 Å². The number of aromatic nitrogens is 1. The second-order valence-corrected chi connectivity index (χ2v) is 6.00. The van der Waals surface area contributed by atoms with Gasteiger partial charge in [-0.1, -0.05) is 32.0 Å². The first-order valence-electron chi connectivity index (χ1n) is 11.1. The number of carbonyl (C=O) groups excluding carboxylic acids is 1. The molecule has 200 valence electrons. The van der Waals surface area contributed by atoms with Gasteiger partial charge in [-0.2, -0.15) is 0 Å². The number of hydrogen-bond acceptors (Lipinski definition) is 7. The zero-order valence-electron chi connectivity index (χ0n) is 21.4. The molecule has 10 heteroatoms. The molecule has 0 aliphatic carbocycles. The van der Waals surface area contributed by atoms with Crippen LogP contribution in [0.5, 0.6) is 11.6 Å². The largest absolute Gasteiger partial charge is 0.573 e. The Morgan fingerprint density at radius 1 is 1.00 bits per heavy atom. The van der Waals surface area contributed by atoms with Crippen LogP contribution in [-0.4, -0.2) is 51.7 Å². The molecular formula is C26H35F3N2O5. The number of nitrogens with one attached hydrogen (secondary N) is 1. The normalized spacial score (nSPS) is 9.61. The molecule has 2 aromatic carbocycles. The lowest BCUT2D eigenvalue weighted by Crippen LogP contribution is -2.16. The van der Waals surface area contributed by atoms with Gasteiger partial charge in [0.25, 0.3) is 5.88 Å². The highest BCUT2D eigenvalue weighted by Crippen LogP contribution is 2.31. The minimum Gasteiger partial charge on any atom is -0.475 e. The molecule has 0 saturated heterocycles. The van der Waals surface area contributed by atoms with Gasteiger partial charge < -0.3 is 28.8 Å². The van der Waals surface area contributed by atoms with Gasteiger partial charge >= 0.3 is 6.36 Å². The Balaban J connectivity index is 0. The Morgan fingerprint density at radius 3 is 2.08 bits per heavy atom. The third-order valence-electron chi connectivity index (χ3n) is 3.84. The molecule has 36 heavy (non-hydrogen) atoms. The lowest BCUT2D eigenvalue weighted by atomic mass is 10.0. The predicted molar refractivity (Wildman–Crippen MR) is 136 cm³/mol. The molecule has 0 aliphatic heterocycles. The minimum atomic E-state index is -4.70. The fourth-order valence-corrected chi connectivity index (χ4v) is 2.50. The summed E-state index contributed by atoms with van der Waals surface area (Å²) in [7, 11) is 1.92. The third kappa shape index (κ3) is 13.4. The van der Waals surface area contributed by atoms with Gasteiger partial charge in [-0.15, -0.1) is 26.0 Å². The minimum absolute atomic E-state index is 0.262. The van der Waals surface area contributed by atoms with E-state index in [1.54, 1.807) is 24.3 Å². The molecule has 0 bridgehead atoms. The van der Waals surface area contributed by atoms with E-state index in [9.17, 15) is 13.2 Å². The zero-order valence-corrected chi connectivity index (χ0v) is 21.4. The van der Waals surface area contributed by atoms with Crippen molar-refractivity contribution in [1.29, 1.82) is 0 Å². The van der Waals surface area contributed by atoms with E-state index in [0.717, 1.165) is 30.9 Å². The second kappa shape index (κ2) is 20.8. The quantitative estimate of drug-likeness (QED) is 0.287. The summed E-state index contributed by atoms with van der Waals surface area (Å²) in [5, 5.41) is 7.52. The van der Waals surface area contributed by atoms with Crippen molar-refractivity contribution in [2.45, 2.75) is 34.1 Å². The molecule has 7 nitrogen and oxygen atoms in total. The molecule has 0 fully saturated rings. The van der Waals surface area contributed by atoms with Crippen molar-refractivity contribution >= 4 is 17.8 Å². The number of likely N-dealkylation sites (N-methyl/N-ethyl adjacent to an activating group) is 1. The summed E-state index contributed by atoms with van der Waals surface area (Å²) in [6, 6.07) is 11.0. The van der Waals surface area contributed by atoms with Crippen molar-refractivity contribution < 1.29 is 36.7 Å². The molecule has 0 radical (unpaired) electrons. The Labute approximate surface area is 210 Å². The fraction of sp³-hybridized carbons (Fsp3) is 0.385. The average molecular weight is 513 g/mol. The molecule has 0 saturated carbocycles. The number of fused-ring (bicyclic) bond motifs is 1. The van der Waals surface area contributed by atoms with Gasteiger partial charge in [0.15, 0.2) is 5.58 Å². The van der Waals surface area contributed by atoms with Crippen LogP contribution >= 0.6 is 0 Å². The van der Waals surface area contributed by atoms with E-state index < -0.39 is 6.36 Å². The Kier molecular flexibility index (Phi) is 20.0. The van der Waals surface area contributed by atoms with Crippen molar-refractivity contribution in [2.24, 2.45) is 0 Å². The lowest BCUT2D eigenvalue weighted by molar-refractivity contribution is -0.274. The Hall–Kier alpha value is -3.55. The molecule has 1 heterocycles. The predicted octanol–water partition coefficient (Wildman–Crippen LogP) is 6.13. The van der Waals surface area contributed by atoms with Crippen molar-refractivity contribution in [3.63, 3.8) is 0 Å². The highest BCUT2D eigenvalue weighted by molar-refractivity contribution is 5.87. The number of rotatable bonds is 8. The van der Waals surface area contributed by atoms with Crippen molar-refractivity contribution in [2.75, 3.05) is 33.4 Å². The van der Waals surface area contributed by atoms with Crippen LogP contribution in [0.3, 0.4) is 0 Å². The van der Waals surface area contributed by atoms with Crippen LogP contribution in [0, 0.1) is 12.8 Å². The lowest BCUT2D eigenvalue weighted by Gasteiger charge is -2.09. The summed E-state index contributed by atoms with van der Waals surface area (Å²) in [6.07, 6.45) is 3.30. The number of nitrogens with zero attached hydrogens (tertiary/aromatic N) is 1. The van der Waals surface area contributed by atoms with Gasteiger partial charge in [0, 0.05) is 13.2 Å². The summed E-state index contributed by atoms with van der Waals surface area (Å²) in [6.45, 7) is 12.9. The van der Waals surface area contributed by atoms with Crippen LogP contribution in [0.1, 0.15) is 27.7 Å². The van der Waals surface area contributed by atoms with Gasteiger partial charge in [-0.25, -0.2) is 0 Å². The first-order chi connectivity index (χ1) is 17.4. The van der Waals surface area contributed by atoms with E-state index in [1.807, 2.05) is 47.6 Å². The summed E-state index contributed by atoms with van der Waals surface area (Å²) < 4.78 is 55.9. The topological polar surface area (TPSA) is 82.8 Å². The molecule has 0 atom stereocenters. The van der Waals surface area contributed by atoms with Crippen LogP contribution in [0.2, 0.25) is 0 Å². The molecule has 0 unspecified atom stereocenters. The number of hydrogen-bond donors (Lipinski definition) is 1. The van der Waals surface area contributed by atoms with E-state index in [0.29, 0.717) is 23.5 Å². The van der Waals surface area contributed by atoms with Crippen LogP contribution in [-0.2, 0) is 9.53 Å². The van der Waals surface area contributed by atoms with Crippen LogP contribution in [0.4, 0.5) is 13.2 Å². The number of halogens is 3. The molecule has 1 N–H and O–H groups in total. The standard InChI is InChI=1S/C16H12F3NO3.C5H13NO.C2H6.C2H2.CH2O/c1-2-21-15-13-9-11(5-8-14(13)23-20-15)10-3-6-12(7-4-10)22-16(17,18)19;1-3-7-5-4-6-2;3*1-2/h3-9H,2H2,1H3;6H,3-5H2,1-2H3;1-2H3;1-2H;1H2. The van der Waals surface area contributed by atoms with Gasteiger partial charge in [-0.3, -0.25) is 0 Å². The van der Waals surface area contributed by atoms with Gasteiger partial charge in [0.05, 0.1) is 18.6 Å². The molecule has 0 aliphatic rings. The molecule has 0 amide bonds. The Bertz CT molecular complexity index is 954. The average Bonchev–Trinajstić information content (AvgIpc) is 3.30. The fourth-order valence-electron chi connectivity index (χ4n) is 2.50. The van der Waals surface area contributed by atoms with Crippen LogP contribution in [0.25, 0.3) is 22.1 Å². The Morgan fingerprint density at radius 2 is 1.58 bits per heavy atom. The third-order valence-corrected chi connectivity index (χ3v) is 3.84. The van der Waals surface area contributed by atoms with E-state index >= 15 is 0 Å². The molecule has 1 aromatic heterocycles. The smallest absolute Gasteiger partial charge is 0.475 e. The maximum Gasteiger partial charge on any atom is 0.573 e. The molecular weight excluding hydrogens is 477 g/mol. The van der Waals surface area contributed by atoms with Crippen molar-refractivity contribution in [3.8, 4) is 35.6 Å². The highest BCUT2D eigenvalue weighted by atomic mass is 19.4. The summed E-state index contributed by atoms with van der Waals surface area (Å²) in [5.41, 5.74) is 2.12. The first kappa shape index (κ1) is 34.6. The summed E-state index contributed by atoms with van der Waals surface area (Å²) >= 11 is 0. The monoisotopic (exact) mass is 512 g/mol. The van der Waals surface area contributed by atoms with Crippen LogP contribution in [0.15, 0.2) is 47.0 Å². The summed E-state index contributed by atoms with van der Waals surface area (Å²) in [5.74, 6) is 0.128. The van der Waals surface area contributed by atoms with E-state index in [4.69, 9.17) is 18.8 Å². The number of ether oxygens (including phenoxy) is 3. The molecule has 0 spiro atoms. The highest BCUT2D eigenvalue weighted by Gasteiger charge is 2.30. The number of alkyl halides is 3. The maximum atomic E-state index is 12.2. The second-order valence-electron chi connectivity index (χ2n) is 6.00. The van der Waals surface area contributed by atoms with Gasteiger partial charge in [0.2, 0.25) is 0 Å². The van der Waals surface area contributed by atoms with Crippen molar-refractivity contribution in [3.05, 3.63) is 42.5 Å². The number of benzene rings is 2. The molecule has 3 aromatic rings. The van der Waals surface area contributed by atoms with Crippen LogP contribution < -0.4 is 14.8 Å². The van der Waals surface area contributed by atoms with E-state index in [1.165, 1.54) is 12.1 Å². The SMILES string of the molecule is C#C.C=O.CC.CCOCCNC.CCOc1noc2ccc(-c3ccc(OC(F)(F)F)cc3)cc12. The van der Waals surface area contributed by atoms with Crippen molar-refractivity contribution in [1.82, 2.24) is 10.5 Å². The summed E-state index contributed by atoms with van der Waals surface area (Å²) in [4.78, 5) is 8.00. The maximum absolute atomic E-state index is 12.2.